The van der Waals surface area contributed by atoms with E-state index in [1.807, 2.05) is 6.26 Å². The van der Waals surface area contributed by atoms with Crippen molar-refractivity contribution >= 4 is 50.7 Å². The van der Waals surface area contributed by atoms with Gasteiger partial charge in [-0.15, -0.1) is 11.8 Å². The minimum Gasteiger partial charge on any atom is -0.381 e. The normalized spacial score (nSPS) is 10.1. The van der Waals surface area contributed by atoms with Gasteiger partial charge in [0, 0.05) is 43.4 Å². The number of anilines is 3. The summed E-state index contributed by atoms with van der Waals surface area (Å²) in [5, 5.41) is 0.880. The van der Waals surface area contributed by atoms with Gasteiger partial charge in [-0.3, -0.25) is 0 Å². The monoisotopic (exact) mass is 443 g/mol. The molecule has 150 valence electrons. The van der Waals surface area contributed by atoms with Gasteiger partial charge >= 0.3 is 0 Å². The van der Waals surface area contributed by atoms with E-state index >= 15 is 0 Å². The van der Waals surface area contributed by atoms with Gasteiger partial charge in [-0.25, -0.2) is 38.3 Å². The lowest BCUT2D eigenvalue weighted by Crippen LogP contribution is -2.06. The maximum absolute atomic E-state index is 10.9. The Morgan fingerprint density at radius 3 is 1.57 bits per heavy atom. The van der Waals surface area contributed by atoms with Gasteiger partial charge < -0.3 is 17.2 Å². The summed E-state index contributed by atoms with van der Waals surface area (Å²) < 4.78 is 21.7. The SMILES string of the molecule is CS(=O)(=O)c1nccnc1N.CSc1nccnc1N.Nc1nccnc1Cl. The number of rotatable bonds is 2. The van der Waals surface area contributed by atoms with Crippen LogP contribution in [0.4, 0.5) is 17.5 Å². The van der Waals surface area contributed by atoms with Crippen LogP contribution in [0.15, 0.2) is 47.2 Å². The molecule has 0 radical (unpaired) electrons. The fraction of sp³-hybridized carbons (Fsp3) is 0.143. The van der Waals surface area contributed by atoms with E-state index in [4.69, 9.17) is 28.8 Å². The highest BCUT2D eigenvalue weighted by atomic mass is 35.5. The van der Waals surface area contributed by atoms with E-state index in [1.54, 1.807) is 12.4 Å². The summed E-state index contributed by atoms with van der Waals surface area (Å²) in [5.41, 5.74) is 15.9. The minimum absolute atomic E-state index is 0.0602. The van der Waals surface area contributed by atoms with Crippen LogP contribution in [0.3, 0.4) is 0 Å². The van der Waals surface area contributed by atoms with E-state index in [2.05, 4.69) is 29.9 Å². The highest BCUT2D eigenvalue weighted by molar-refractivity contribution is 7.98. The molecule has 28 heavy (non-hydrogen) atoms. The number of halogens is 1. The predicted octanol–water partition coefficient (Wildman–Crippen LogP) is 0.955. The molecule has 14 heteroatoms. The lowest BCUT2D eigenvalue weighted by Gasteiger charge is -1.97. The molecule has 0 amide bonds. The molecule has 3 aromatic rings. The van der Waals surface area contributed by atoms with Crippen molar-refractivity contribution in [1.82, 2.24) is 29.9 Å². The number of nitrogens with zero attached hydrogens (tertiary/aromatic N) is 6. The molecule has 0 aliphatic carbocycles. The van der Waals surface area contributed by atoms with E-state index in [1.165, 1.54) is 36.5 Å². The van der Waals surface area contributed by atoms with Crippen molar-refractivity contribution in [2.75, 3.05) is 29.7 Å². The molecule has 0 spiro atoms. The molecule has 0 aromatic carbocycles. The molecule has 11 nitrogen and oxygen atoms in total. The molecule has 0 bridgehead atoms. The Morgan fingerprint density at radius 1 is 0.786 bits per heavy atom. The van der Waals surface area contributed by atoms with Crippen LogP contribution in [0.5, 0.6) is 0 Å². The van der Waals surface area contributed by atoms with Crippen molar-refractivity contribution < 1.29 is 8.42 Å². The fourth-order valence-electron chi connectivity index (χ4n) is 1.45. The first-order valence-corrected chi connectivity index (χ1v) is 10.7. The minimum atomic E-state index is -3.33. The maximum atomic E-state index is 10.9. The molecule has 0 aliphatic rings. The summed E-state index contributed by atoms with van der Waals surface area (Å²) >= 11 is 6.91. The van der Waals surface area contributed by atoms with Crippen LogP contribution in [0.1, 0.15) is 0 Å². The second-order valence-electron chi connectivity index (χ2n) is 4.70. The van der Waals surface area contributed by atoms with Crippen LogP contribution in [0.2, 0.25) is 5.15 Å². The first-order valence-electron chi connectivity index (χ1n) is 7.25. The van der Waals surface area contributed by atoms with Crippen molar-refractivity contribution in [3.8, 4) is 0 Å². The third-order valence-electron chi connectivity index (χ3n) is 2.61. The van der Waals surface area contributed by atoms with E-state index in [9.17, 15) is 8.42 Å². The first-order chi connectivity index (χ1) is 13.2. The lowest BCUT2D eigenvalue weighted by molar-refractivity contribution is 0.598. The predicted molar refractivity (Wildman–Crippen MR) is 109 cm³/mol. The zero-order valence-corrected chi connectivity index (χ0v) is 17.3. The highest BCUT2D eigenvalue weighted by Gasteiger charge is 2.12. The lowest BCUT2D eigenvalue weighted by atomic mass is 10.7. The van der Waals surface area contributed by atoms with Crippen molar-refractivity contribution in [1.29, 1.82) is 0 Å². The van der Waals surface area contributed by atoms with Gasteiger partial charge in [-0.1, -0.05) is 11.6 Å². The maximum Gasteiger partial charge on any atom is 0.197 e. The standard InChI is InChI=1S/C5H7N3O2S.C5H7N3S.C4H4ClN3/c1-11(9,10)5-4(6)7-2-3-8-5;1-9-5-4(6)7-2-3-8-5;5-3-4(6)8-2-1-7-3/h2-3H,1H3,(H2,6,7);2-3H,1H3,(H2,6,7);1-2H,(H2,6,8). The van der Waals surface area contributed by atoms with E-state index < -0.39 is 9.84 Å². The number of thioether (sulfide) groups is 1. The summed E-state index contributed by atoms with van der Waals surface area (Å²) in [5.74, 6) is 0.717. The smallest absolute Gasteiger partial charge is 0.197 e. The summed E-state index contributed by atoms with van der Waals surface area (Å²) in [7, 11) is -3.33. The average molecular weight is 444 g/mol. The molecular weight excluding hydrogens is 426 g/mol. The van der Waals surface area contributed by atoms with Gasteiger partial charge in [0.15, 0.2) is 37.5 Å². The molecule has 3 aromatic heterocycles. The van der Waals surface area contributed by atoms with Gasteiger partial charge in [0.1, 0.15) is 5.03 Å². The molecule has 0 saturated heterocycles. The van der Waals surface area contributed by atoms with Crippen molar-refractivity contribution in [3.05, 3.63) is 42.3 Å². The second kappa shape index (κ2) is 11.2. The zero-order chi connectivity index (χ0) is 21.2. The molecule has 0 unspecified atom stereocenters. The molecule has 6 N–H and O–H groups in total. The number of sulfone groups is 1. The van der Waals surface area contributed by atoms with Crippen molar-refractivity contribution in [2.24, 2.45) is 0 Å². The fourth-order valence-corrected chi connectivity index (χ4v) is 2.66. The summed E-state index contributed by atoms with van der Waals surface area (Å²) in [6.45, 7) is 0. The van der Waals surface area contributed by atoms with E-state index in [0.29, 0.717) is 5.82 Å². The number of nitrogens with two attached hydrogens (primary N) is 3. The number of hydrogen-bond donors (Lipinski definition) is 3. The number of nitrogen functional groups attached to an aromatic ring is 3. The topological polar surface area (TPSA) is 190 Å². The van der Waals surface area contributed by atoms with Gasteiger partial charge in [0.2, 0.25) is 0 Å². The Bertz CT molecular complexity index is 984. The van der Waals surface area contributed by atoms with Gasteiger partial charge in [0.05, 0.1) is 0 Å². The van der Waals surface area contributed by atoms with E-state index in [-0.39, 0.29) is 21.8 Å². The molecule has 0 fully saturated rings. The van der Waals surface area contributed by atoms with Gasteiger partial charge in [-0.05, 0) is 6.26 Å². The highest BCUT2D eigenvalue weighted by Crippen LogP contribution is 2.15. The van der Waals surface area contributed by atoms with Crippen LogP contribution < -0.4 is 17.2 Å². The van der Waals surface area contributed by atoms with Crippen LogP contribution in [-0.4, -0.2) is 50.8 Å². The Hall–Kier alpha value is -2.77. The molecule has 3 rings (SSSR count). The molecule has 0 saturated carbocycles. The Labute approximate surface area is 171 Å². The van der Waals surface area contributed by atoms with Gasteiger partial charge in [0.25, 0.3) is 0 Å². The summed E-state index contributed by atoms with van der Waals surface area (Å²) in [6.07, 6.45) is 11.8. The Morgan fingerprint density at radius 2 is 1.25 bits per heavy atom. The number of aromatic nitrogens is 6. The summed E-state index contributed by atoms with van der Waals surface area (Å²) in [4.78, 5) is 22.3. The van der Waals surface area contributed by atoms with Crippen molar-refractivity contribution in [2.45, 2.75) is 10.1 Å². The van der Waals surface area contributed by atoms with Crippen LogP contribution >= 0.6 is 23.4 Å². The third kappa shape index (κ3) is 7.85. The Kier molecular flexibility index (Phi) is 9.27. The molecule has 0 aliphatic heterocycles. The average Bonchev–Trinajstić information content (AvgIpc) is 2.65. The third-order valence-corrected chi connectivity index (χ3v) is 4.62. The molecule has 0 atom stereocenters. The number of hydrogen-bond acceptors (Lipinski definition) is 12. The van der Waals surface area contributed by atoms with Crippen LogP contribution in [-0.2, 0) is 9.84 Å². The van der Waals surface area contributed by atoms with E-state index in [0.717, 1.165) is 11.3 Å². The first kappa shape index (κ1) is 23.3. The molecule has 3 heterocycles. The van der Waals surface area contributed by atoms with Crippen LogP contribution in [0.25, 0.3) is 0 Å². The van der Waals surface area contributed by atoms with Gasteiger partial charge in [-0.2, -0.15) is 0 Å². The molecular formula is C14H18ClN9O2S2. The Balaban J connectivity index is 0.000000213. The zero-order valence-electron chi connectivity index (χ0n) is 14.9. The summed E-state index contributed by atoms with van der Waals surface area (Å²) in [6, 6.07) is 0. The quantitative estimate of drug-likeness (QED) is 0.476. The largest absolute Gasteiger partial charge is 0.381 e. The second-order valence-corrected chi connectivity index (χ2v) is 7.79. The van der Waals surface area contributed by atoms with Crippen LogP contribution in [0, 0.1) is 0 Å². The van der Waals surface area contributed by atoms with Crippen molar-refractivity contribution in [3.63, 3.8) is 0 Å².